The van der Waals surface area contributed by atoms with Gasteiger partial charge in [-0.3, -0.25) is 0 Å². The Kier molecular flexibility index (Phi) is 6.25. The minimum absolute atomic E-state index is 0.0127. The van der Waals surface area contributed by atoms with Gasteiger partial charge in [0.25, 0.3) is 0 Å². The number of rotatable bonds is 4. The summed E-state index contributed by atoms with van der Waals surface area (Å²) >= 11 is 0. The maximum Gasteiger partial charge on any atom is 0.135 e. The summed E-state index contributed by atoms with van der Waals surface area (Å²) in [6.45, 7) is 0. The van der Waals surface area contributed by atoms with Crippen molar-refractivity contribution in [3.05, 3.63) is 193 Å². The molecule has 0 fully saturated rings. The Balaban J connectivity index is 1.23. The first kappa shape index (κ1) is 27.6. The average Bonchev–Trinajstić information content (AvgIpc) is 3.53. The number of amidine groups is 1. The molecule has 2 heterocycles. The number of nitrogens with one attached hydrogen (secondary N) is 1. The summed E-state index contributed by atoms with van der Waals surface area (Å²) in [4.78, 5) is 5.27. The molecule has 1 aliphatic heterocycles. The molecule has 10 rings (SSSR count). The number of nitrogens with zero attached hydrogens (tertiary/aromatic N) is 2. The van der Waals surface area contributed by atoms with E-state index in [2.05, 4.69) is 186 Å². The van der Waals surface area contributed by atoms with Crippen LogP contribution in [0, 0.1) is 0 Å². The van der Waals surface area contributed by atoms with Crippen LogP contribution in [0.4, 0.5) is 0 Å². The standard InChI is InChI=1S/C46H31N3/c1-3-15-32(16-4-1)39-29-40(33-17-5-2-6-18-33)48-46(47-39)38-23-11-22-37-36(38)21-12-24-41(37)49-42-27-25-30-13-7-9-19-34(30)44(42)45-35-20-10-8-14-31(35)26-28-43(45)49/h1-29,39H,(H,47,48). The van der Waals surface area contributed by atoms with Crippen LogP contribution in [0.2, 0.25) is 0 Å². The Bertz CT molecular complexity index is 2700. The first-order valence-corrected chi connectivity index (χ1v) is 16.9. The number of hydrogen-bond donors (Lipinski definition) is 1. The second-order valence-corrected chi connectivity index (χ2v) is 12.8. The molecule has 0 amide bonds. The number of fused-ring (bicyclic) bond motifs is 8. The lowest BCUT2D eigenvalue weighted by Gasteiger charge is -2.25. The topological polar surface area (TPSA) is 29.3 Å². The van der Waals surface area contributed by atoms with Gasteiger partial charge in [-0.2, -0.15) is 0 Å². The zero-order chi connectivity index (χ0) is 32.3. The number of benzene rings is 8. The van der Waals surface area contributed by atoms with Crippen molar-refractivity contribution in [2.24, 2.45) is 4.99 Å². The van der Waals surface area contributed by atoms with E-state index in [1.807, 2.05) is 0 Å². The Morgan fingerprint density at radius 2 is 1.04 bits per heavy atom. The first-order chi connectivity index (χ1) is 24.3. The molecule has 0 saturated carbocycles. The summed E-state index contributed by atoms with van der Waals surface area (Å²) < 4.78 is 2.47. The number of aliphatic imine (C=N–C) groups is 1. The Hall–Kier alpha value is -6.45. The van der Waals surface area contributed by atoms with Gasteiger partial charge in [-0.15, -0.1) is 0 Å². The van der Waals surface area contributed by atoms with Crippen LogP contribution in [-0.2, 0) is 0 Å². The van der Waals surface area contributed by atoms with Gasteiger partial charge < -0.3 is 9.88 Å². The molecule has 9 aromatic rings. The third-order valence-corrected chi connectivity index (χ3v) is 10.0. The van der Waals surface area contributed by atoms with Gasteiger partial charge in [-0.25, -0.2) is 4.99 Å². The summed E-state index contributed by atoms with van der Waals surface area (Å²) in [5.74, 6) is 0.872. The van der Waals surface area contributed by atoms with E-state index in [9.17, 15) is 0 Å². The summed E-state index contributed by atoms with van der Waals surface area (Å²) in [5, 5.41) is 13.8. The lowest BCUT2D eigenvalue weighted by Crippen LogP contribution is -2.31. The number of aromatic nitrogens is 1. The highest BCUT2D eigenvalue weighted by atomic mass is 15.1. The van der Waals surface area contributed by atoms with Gasteiger partial charge >= 0.3 is 0 Å². The minimum Gasteiger partial charge on any atom is -0.359 e. The summed E-state index contributed by atoms with van der Waals surface area (Å²) in [6, 6.07) is 61.0. The van der Waals surface area contributed by atoms with E-state index >= 15 is 0 Å². The second kappa shape index (κ2) is 11.1. The predicted octanol–water partition coefficient (Wildman–Crippen LogP) is 11.4. The molecule has 49 heavy (non-hydrogen) atoms. The van der Waals surface area contributed by atoms with Crippen LogP contribution in [0.25, 0.3) is 65.5 Å². The van der Waals surface area contributed by atoms with Gasteiger partial charge in [0.15, 0.2) is 0 Å². The molecular weight excluding hydrogens is 595 g/mol. The van der Waals surface area contributed by atoms with Gasteiger partial charge in [0, 0.05) is 21.7 Å². The van der Waals surface area contributed by atoms with E-state index in [4.69, 9.17) is 4.99 Å². The maximum absolute atomic E-state index is 5.27. The van der Waals surface area contributed by atoms with Gasteiger partial charge in [0.1, 0.15) is 5.84 Å². The normalized spacial score (nSPS) is 14.7. The molecular formula is C46H31N3. The van der Waals surface area contributed by atoms with Crippen molar-refractivity contribution >= 4 is 65.7 Å². The van der Waals surface area contributed by atoms with E-state index < -0.39 is 0 Å². The lowest BCUT2D eigenvalue weighted by atomic mass is 9.98. The lowest BCUT2D eigenvalue weighted by molar-refractivity contribution is 0.781. The molecule has 3 nitrogen and oxygen atoms in total. The summed E-state index contributed by atoms with van der Waals surface area (Å²) in [5.41, 5.74) is 7.92. The van der Waals surface area contributed by atoms with Crippen LogP contribution in [0.1, 0.15) is 22.7 Å². The zero-order valence-electron chi connectivity index (χ0n) is 26.7. The van der Waals surface area contributed by atoms with Crippen LogP contribution < -0.4 is 5.32 Å². The molecule has 0 bridgehead atoms. The van der Waals surface area contributed by atoms with Crippen LogP contribution in [0.5, 0.6) is 0 Å². The van der Waals surface area contributed by atoms with Crippen molar-refractivity contribution in [1.82, 2.24) is 9.88 Å². The predicted molar refractivity (Wildman–Crippen MR) is 207 cm³/mol. The van der Waals surface area contributed by atoms with E-state index in [1.165, 1.54) is 54.3 Å². The SMILES string of the molecule is C1=C(c2ccccc2)N=C(c2cccc3c(-n4c5ccc6ccccc6c5c5c6ccccc6ccc54)cccc23)NC1c1ccccc1. The Labute approximate surface area is 284 Å². The second-order valence-electron chi connectivity index (χ2n) is 12.8. The fourth-order valence-electron chi connectivity index (χ4n) is 7.79. The highest BCUT2D eigenvalue weighted by Crippen LogP contribution is 2.42. The van der Waals surface area contributed by atoms with Gasteiger partial charge in [-0.05, 0) is 62.3 Å². The average molecular weight is 626 g/mol. The molecule has 0 saturated heterocycles. The number of hydrogen-bond acceptors (Lipinski definition) is 2. The van der Waals surface area contributed by atoms with Crippen LogP contribution >= 0.6 is 0 Å². The molecule has 1 aromatic heterocycles. The van der Waals surface area contributed by atoms with Crippen molar-refractivity contribution in [2.45, 2.75) is 6.04 Å². The minimum atomic E-state index is -0.0127. The summed E-state index contributed by atoms with van der Waals surface area (Å²) in [6.07, 6.45) is 2.23. The summed E-state index contributed by atoms with van der Waals surface area (Å²) in [7, 11) is 0. The molecule has 3 heteroatoms. The maximum atomic E-state index is 5.27. The van der Waals surface area contributed by atoms with E-state index in [-0.39, 0.29) is 6.04 Å². The van der Waals surface area contributed by atoms with Crippen molar-refractivity contribution in [1.29, 1.82) is 0 Å². The van der Waals surface area contributed by atoms with Crippen molar-refractivity contribution in [3.63, 3.8) is 0 Å². The Morgan fingerprint density at radius 1 is 0.469 bits per heavy atom. The van der Waals surface area contributed by atoms with E-state index in [0.717, 1.165) is 33.7 Å². The zero-order valence-corrected chi connectivity index (χ0v) is 26.7. The van der Waals surface area contributed by atoms with Crippen molar-refractivity contribution < 1.29 is 0 Å². The molecule has 8 aromatic carbocycles. The molecule has 0 spiro atoms. The van der Waals surface area contributed by atoms with Crippen LogP contribution in [0.15, 0.2) is 181 Å². The van der Waals surface area contributed by atoms with Gasteiger partial charge in [0.2, 0.25) is 0 Å². The van der Waals surface area contributed by atoms with Crippen molar-refractivity contribution in [3.8, 4) is 5.69 Å². The van der Waals surface area contributed by atoms with Gasteiger partial charge in [0.05, 0.1) is 28.5 Å². The third kappa shape index (κ3) is 4.40. The largest absolute Gasteiger partial charge is 0.359 e. The molecule has 230 valence electrons. The van der Waals surface area contributed by atoms with Gasteiger partial charge in [-0.1, -0.05) is 152 Å². The molecule has 1 unspecified atom stereocenters. The molecule has 1 N–H and O–H groups in total. The molecule has 0 radical (unpaired) electrons. The van der Waals surface area contributed by atoms with E-state index in [1.54, 1.807) is 0 Å². The molecule has 1 atom stereocenters. The highest BCUT2D eigenvalue weighted by molar-refractivity contribution is 6.29. The smallest absolute Gasteiger partial charge is 0.135 e. The fraction of sp³-hybridized carbons (Fsp3) is 0.0217. The first-order valence-electron chi connectivity index (χ1n) is 16.9. The fourth-order valence-corrected chi connectivity index (χ4v) is 7.79. The Morgan fingerprint density at radius 3 is 1.73 bits per heavy atom. The highest BCUT2D eigenvalue weighted by Gasteiger charge is 2.23. The monoisotopic (exact) mass is 625 g/mol. The quantitative estimate of drug-likeness (QED) is 0.207. The van der Waals surface area contributed by atoms with E-state index in [0.29, 0.717) is 0 Å². The molecule has 0 aliphatic carbocycles. The van der Waals surface area contributed by atoms with Crippen LogP contribution in [0.3, 0.4) is 0 Å². The molecule has 1 aliphatic rings. The van der Waals surface area contributed by atoms with Crippen molar-refractivity contribution in [2.75, 3.05) is 0 Å². The van der Waals surface area contributed by atoms with Crippen LogP contribution in [-0.4, -0.2) is 10.4 Å². The third-order valence-electron chi connectivity index (χ3n) is 10.0.